The molecule has 0 bridgehead atoms. The number of alkyl halides is 3. The van der Waals surface area contributed by atoms with E-state index in [0.717, 1.165) is 45.6 Å². The first-order valence-corrected chi connectivity index (χ1v) is 8.92. The summed E-state index contributed by atoms with van der Waals surface area (Å²) in [4.78, 5) is 12.9. The van der Waals surface area contributed by atoms with Crippen molar-refractivity contribution >= 4 is 22.4 Å². The molecule has 1 saturated heterocycles. The normalized spacial score (nSPS) is 17.3. The zero-order valence-electron chi connectivity index (χ0n) is 15.3. The molecule has 0 spiro atoms. The van der Waals surface area contributed by atoms with Gasteiger partial charge in [0.1, 0.15) is 0 Å². The van der Waals surface area contributed by atoms with Crippen molar-refractivity contribution in [2.75, 3.05) is 18.0 Å². The van der Waals surface area contributed by atoms with Crippen molar-refractivity contribution in [3.8, 4) is 0 Å². The second-order valence-electron chi connectivity index (χ2n) is 6.93. The van der Waals surface area contributed by atoms with E-state index < -0.39 is 11.7 Å². The zero-order valence-corrected chi connectivity index (χ0v) is 15.3. The standard InChI is InChI=1S/C21H19F3N4/c1-13-6-8-28(20-26-10-17(11-27-20)21(22,23)24)12-18(13)14(2)15-3-4-19-16(9-15)5-7-25-19/h3-5,7,9-11,25H,1,6,8,12H2,2H3/b18-14+. The van der Waals surface area contributed by atoms with Gasteiger partial charge in [0.2, 0.25) is 5.95 Å². The molecule has 3 heterocycles. The molecule has 3 aromatic rings. The fourth-order valence-corrected chi connectivity index (χ4v) is 3.45. The van der Waals surface area contributed by atoms with Gasteiger partial charge in [0.15, 0.2) is 0 Å². The highest BCUT2D eigenvalue weighted by atomic mass is 19.4. The minimum atomic E-state index is -4.44. The van der Waals surface area contributed by atoms with Crippen LogP contribution in [0, 0.1) is 0 Å². The second-order valence-corrected chi connectivity index (χ2v) is 6.93. The van der Waals surface area contributed by atoms with Gasteiger partial charge in [-0.3, -0.25) is 0 Å². The highest BCUT2D eigenvalue weighted by Gasteiger charge is 2.32. The number of fused-ring (bicyclic) bond motifs is 1. The van der Waals surface area contributed by atoms with Gasteiger partial charge in [-0.25, -0.2) is 9.97 Å². The van der Waals surface area contributed by atoms with E-state index in [2.05, 4.69) is 33.7 Å². The number of halogens is 3. The molecule has 1 aliphatic heterocycles. The van der Waals surface area contributed by atoms with Crippen LogP contribution in [0.15, 0.2) is 60.6 Å². The molecule has 2 aromatic heterocycles. The van der Waals surface area contributed by atoms with Crippen LogP contribution in [0.1, 0.15) is 24.5 Å². The van der Waals surface area contributed by atoms with Crippen LogP contribution in [0.3, 0.4) is 0 Å². The van der Waals surface area contributed by atoms with Crippen LogP contribution in [-0.2, 0) is 6.18 Å². The molecule has 1 N–H and O–H groups in total. The van der Waals surface area contributed by atoms with Gasteiger partial charge in [0.25, 0.3) is 0 Å². The van der Waals surface area contributed by atoms with E-state index in [4.69, 9.17) is 0 Å². The molecule has 7 heteroatoms. The van der Waals surface area contributed by atoms with Crippen molar-refractivity contribution in [2.45, 2.75) is 19.5 Å². The predicted octanol–water partition coefficient (Wildman–Crippen LogP) is 5.22. The number of piperidine rings is 1. The van der Waals surface area contributed by atoms with E-state index in [1.807, 2.05) is 30.2 Å². The maximum Gasteiger partial charge on any atom is 0.419 e. The van der Waals surface area contributed by atoms with E-state index in [9.17, 15) is 13.2 Å². The van der Waals surface area contributed by atoms with E-state index in [0.29, 0.717) is 25.5 Å². The maximum absolute atomic E-state index is 12.7. The number of H-pyrrole nitrogens is 1. The molecule has 4 nitrogen and oxygen atoms in total. The molecular formula is C21H19F3N4. The molecule has 1 aromatic carbocycles. The maximum atomic E-state index is 12.7. The SMILES string of the molecule is C=C1CCN(c2ncc(C(F)(F)F)cn2)C/C1=C(/C)c1ccc2[nH]ccc2c1. The van der Waals surface area contributed by atoms with E-state index in [1.54, 1.807) is 0 Å². The molecule has 0 atom stereocenters. The Balaban J connectivity index is 1.64. The minimum Gasteiger partial charge on any atom is -0.361 e. The Bertz CT molecular complexity index is 1060. The van der Waals surface area contributed by atoms with Gasteiger partial charge < -0.3 is 9.88 Å². The Kier molecular flexibility index (Phi) is 4.45. The smallest absolute Gasteiger partial charge is 0.361 e. The quantitative estimate of drug-likeness (QED) is 0.659. The van der Waals surface area contributed by atoms with E-state index in [1.165, 1.54) is 0 Å². The highest BCUT2D eigenvalue weighted by Crippen LogP contribution is 2.32. The summed E-state index contributed by atoms with van der Waals surface area (Å²) in [6.07, 6.45) is -0.152. The Hall–Kier alpha value is -3.09. The van der Waals surface area contributed by atoms with Gasteiger partial charge in [-0.05, 0) is 59.2 Å². The van der Waals surface area contributed by atoms with E-state index >= 15 is 0 Å². The average Bonchev–Trinajstić information content (AvgIpc) is 3.15. The number of nitrogens with one attached hydrogen (secondary N) is 1. The van der Waals surface area contributed by atoms with Crippen LogP contribution < -0.4 is 4.90 Å². The number of allylic oxidation sites excluding steroid dienone is 1. The Morgan fingerprint density at radius 1 is 1.18 bits per heavy atom. The third-order valence-electron chi connectivity index (χ3n) is 5.15. The number of rotatable bonds is 2. The molecule has 1 aliphatic rings. The molecule has 28 heavy (non-hydrogen) atoms. The fraction of sp³-hybridized carbons (Fsp3) is 0.238. The summed E-state index contributed by atoms with van der Waals surface area (Å²) in [6.45, 7) is 7.37. The van der Waals surface area contributed by atoms with E-state index in [-0.39, 0.29) is 0 Å². The van der Waals surface area contributed by atoms with Crippen LogP contribution in [0.2, 0.25) is 0 Å². The number of aromatic amines is 1. The van der Waals surface area contributed by atoms with Crippen LogP contribution >= 0.6 is 0 Å². The molecule has 144 valence electrons. The monoisotopic (exact) mass is 384 g/mol. The largest absolute Gasteiger partial charge is 0.419 e. The topological polar surface area (TPSA) is 44.8 Å². The average molecular weight is 384 g/mol. The molecule has 0 amide bonds. The summed E-state index contributed by atoms with van der Waals surface area (Å²) < 4.78 is 38.2. The first-order chi connectivity index (χ1) is 13.3. The molecule has 0 aliphatic carbocycles. The highest BCUT2D eigenvalue weighted by molar-refractivity contribution is 5.85. The van der Waals surface area contributed by atoms with Crippen LogP contribution in [0.25, 0.3) is 16.5 Å². The zero-order chi connectivity index (χ0) is 19.9. The van der Waals surface area contributed by atoms with Gasteiger partial charge >= 0.3 is 6.18 Å². The number of anilines is 1. The van der Waals surface area contributed by atoms with Crippen molar-refractivity contribution in [1.82, 2.24) is 15.0 Å². The molecule has 0 unspecified atom stereocenters. The summed E-state index contributed by atoms with van der Waals surface area (Å²) in [7, 11) is 0. The summed E-state index contributed by atoms with van der Waals surface area (Å²) in [5.41, 5.74) is 4.54. The molecule has 0 saturated carbocycles. The molecular weight excluding hydrogens is 365 g/mol. The Labute approximate surface area is 160 Å². The summed E-state index contributed by atoms with van der Waals surface area (Å²) in [6, 6.07) is 8.24. The lowest BCUT2D eigenvalue weighted by atomic mass is 9.91. The van der Waals surface area contributed by atoms with Crippen molar-refractivity contribution in [3.63, 3.8) is 0 Å². The first-order valence-electron chi connectivity index (χ1n) is 8.92. The lowest BCUT2D eigenvalue weighted by molar-refractivity contribution is -0.138. The predicted molar refractivity (Wildman–Crippen MR) is 104 cm³/mol. The minimum absolute atomic E-state index is 0.298. The van der Waals surface area contributed by atoms with Crippen molar-refractivity contribution < 1.29 is 13.2 Å². The van der Waals surface area contributed by atoms with Gasteiger partial charge in [0, 0.05) is 37.2 Å². The van der Waals surface area contributed by atoms with Crippen LogP contribution in [0.5, 0.6) is 0 Å². The van der Waals surface area contributed by atoms with Gasteiger partial charge in [-0.1, -0.05) is 12.6 Å². The van der Waals surface area contributed by atoms with Crippen molar-refractivity contribution in [2.24, 2.45) is 0 Å². The summed E-state index contributed by atoms with van der Waals surface area (Å²) >= 11 is 0. The number of aromatic nitrogens is 3. The number of benzene rings is 1. The molecule has 1 fully saturated rings. The first kappa shape index (κ1) is 18.3. The molecule has 4 rings (SSSR count). The Morgan fingerprint density at radius 2 is 1.93 bits per heavy atom. The second kappa shape index (κ2) is 6.82. The Morgan fingerprint density at radius 3 is 2.64 bits per heavy atom. The fourth-order valence-electron chi connectivity index (χ4n) is 3.45. The van der Waals surface area contributed by atoms with Crippen molar-refractivity contribution in [3.05, 3.63) is 71.7 Å². The number of nitrogens with zero attached hydrogens (tertiary/aromatic N) is 3. The third kappa shape index (κ3) is 3.40. The summed E-state index contributed by atoms with van der Waals surface area (Å²) in [5, 5.41) is 1.13. The summed E-state index contributed by atoms with van der Waals surface area (Å²) in [5.74, 6) is 0.298. The number of hydrogen-bond donors (Lipinski definition) is 1. The van der Waals surface area contributed by atoms with Gasteiger partial charge in [-0.2, -0.15) is 13.2 Å². The molecule has 0 radical (unpaired) electrons. The lowest BCUT2D eigenvalue weighted by Crippen LogP contribution is -2.34. The van der Waals surface area contributed by atoms with Crippen molar-refractivity contribution in [1.29, 1.82) is 0 Å². The van der Waals surface area contributed by atoms with Gasteiger partial charge in [-0.15, -0.1) is 0 Å². The third-order valence-corrected chi connectivity index (χ3v) is 5.15. The number of hydrogen-bond acceptors (Lipinski definition) is 3. The van der Waals surface area contributed by atoms with Crippen LogP contribution in [-0.4, -0.2) is 28.0 Å². The van der Waals surface area contributed by atoms with Gasteiger partial charge in [0.05, 0.1) is 5.56 Å². The lowest BCUT2D eigenvalue weighted by Gasteiger charge is -2.31. The van der Waals surface area contributed by atoms with Crippen LogP contribution in [0.4, 0.5) is 19.1 Å².